The Morgan fingerprint density at radius 3 is 2.67 bits per heavy atom. The zero-order chi connectivity index (χ0) is 11.1. The van der Waals surface area contributed by atoms with Crippen LogP contribution in [0.3, 0.4) is 0 Å². The second kappa shape index (κ2) is 6.97. The molecule has 2 rings (SSSR count). The average Bonchev–Trinajstić information content (AvgIpc) is 2.32. The number of benzene rings is 2. The molecule has 2 aromatic rings. The number of fused-ring (bicyclic) bond motifs is 1. The summed E-state index contributed by atoms with van der Waals surface area (Å²) in [4.78, 5) is 0. The maximum atomic E-state index is 5.36. The molecule has 2 aromatic carbocycles. The van der Waals surface area contributed by atoms with Gasteiger partial charge >= 0.3 is 30.0 Å². The van der Waals surface area contributed by atoms with Gasteiger partial charge in [0.1, 0.15) is 0 Å². The van der Waals surface area contributed by atoms with Crippen LogP contribution < -0.4 is 4.74 Å². The Labute approximate surface area is 107 Å². The summed E-state index contributed by atoms with van der Waals surface area (Å²) in [6, 6.07) is 15.4. The van der Waals surface area contributed by atoms with Gasteiger partial charge in [-0.15, -0.1) is 35.0 Å². The first-order chi connectivity index (χ1) is 7.40. The molecule has 0 aliphatic heterocycles. The van der Waals surface area contributed by atoms with Gasteiger partial charge < -0.3 is 4.74 Å². The van der Waals surface area contributed by atoms with E-state index in [0.29, 0.717) is 6.61 Å². The third kappa shape index (κ3) is 3.58. The van der Waals surface area contributed by atoms with E-state index in [0.717, 1.165) is 11.1 Å². The Kier molecular flexibility index (Phi) is 5.89. The molecule has 0 aliphatic carbocycles. The zero-order valence-electron chi connectivity index (χ0n) is 8.66. The van der Waals surface area contributed by atoms with Crippen LogP contribution in [0.15, 0.2) is 36.4 Å². The summed E-state index contributed by atoms with van der Waals surface area (Å²) in [7, 11) is 0. The van der Waals surface area contributed by atoms with Gasteiger partial charge in [-0.3, -0.25) is 0 Å². The van der Waals surface area contributed by atoms with E-state index in [9.17, 15) is 0 Å². The van der Waals surface area contributed by atoms with Crippen molar-refractivity contribution in [2.24, 2.45) is 0 Å². The molecule has 0 saturated heterocycles. The molecule has 15 heavy (non-hydrogen) atoms. The van der Waals surface area contributed by atoms with Crippen molar-refractivity contribution in [3.8, 4) is 5.75 Å². The van der Waals surface area contributed by atoms with E-state index in [1.54, 1.807) is 0 Å². The summed E-state index contributed by atoms with van der Waals surface area (Å²) < 4.78 is 5.36. The number of hydrogen-bond donors (Lipinski definition) is 0. The monoisotopic (exact) mass is 314 g/mol. The molecule has 1 nitrogen and oxygen atoms in total. The van der Waals surface area contributed by atoms with Crippen LogP contribution in [0.5, 0.6) is 5.75 Å². The summed E-state index contributed by atoms with van der Waals surface area (Å²) in [6.07, 6.45) is 0. The summed E-state index contributed by atoms with van der Waals surface area (Å²) in [5.41, 5.74) is 0. The Morgan fingerprint density at radius 2 is 1.93 bits per heavy atom. The number of hydrogen-bond acceptors (Lipinski definition) is 1. The average molecular weight is 317 g/mol. The van der Waals surface area contributed by atoms with E-state index >= 15 is 0 Å². The van der Waals surface area contributed by atoms with Crippen LogP contribution in [-0.2, 0) is 16.3 Å². The molecule has 0 atom stereocenters. The van der Waals surface area contributed by atoms with E-state index in [4.69, 9.17) is 4.74 Å². The molecule has 0 aromatic heterocycles. The molecule has 0 amide bonds. The Balaban J connectivity index is 0.000000531. The molecule has 0 aliphatic rings. The van der Waals surface area contributed by atoms with Gasteiger partial charge in [0.05, 0.1) is 6.61 Å². The molecule has 0 heterocycles. The molecule has 0 fully saturated rings. The topological polar surface area (TPSA) is 9.23 Å². The number of halogens is 1. The molecule has 0 N–H and O–H groups in total. The normalized spacial score (nSPS) is 9.33. The standard InChI is InChI=1S/C12H11O.BrH.Zn/c1-2-13-12-8-7-10-5-3-4-6-11(10)9-12;;/h3-8H,2H2,1H3;1H;/q-1;;+2/p-1. The van der Waals surface area contributed by atoms with Crippen LogP contribution in [0.1, 0.15) is 6.92 Å². The summed E-state index contributed by atoms with van der Waals surface area (Å²) in [5, 5.41) is 2.31. The Bertz CT molecular complexity index is 417. The van der Waals surface area contributed by atoms with E-state index in [1.807, 2.05) is 31.2 Å². The van der Waals surface area contributed by atoms with E-state index in [-0.39, 0.29) is 0 Å². The molecule has 0 spiro atoms. The fraction of sp³-hybridized carbons (Fsp3) is 0.167. The molecule has 3 heteroatoms. The van der Waals surface area contributed by atoms with Crippen LogP contribution in [0.4, 0.5) is 0 Å². The van der Waals surface area contributed by atoms with E-state index in [1.165, 1.54) is 21.7 Å². The van der Waals surface area contributed by atoms with E-state index < -0.39 is 0 Å². The Hall–Kier alpha value is -0.397. The fourth-order valence-corrected chi connectivity index (χ4v) is 1.34. The predicted octanol–water partition coefficient (Wildman–Crippen LogP) is 3.88. The summed E-state index contributed by atoms with van der Waals surface area (Å²) in [5.74, 6) is 0.821. The van der Waals surface area contributed by atoms with Crippen LogP contribution in [0.25, 0.3) is 10.8 Å². The third-order valence-electron chi connectivity index (χ3n) is 1.93. The first kappa shape index (κ1) is 12.7. The van der Waals surface area contributed by atoms with Crippen LogP contribution >= 0.6 is 13.6 Å². The molecule has 74 valence electrons. The first-order valence-electron chi connectivity index (χ1n) is 4.71. The number of rotatable bonds is 2. The van der Waals surface area contributed by atoms with Gasteiger partial charge in [0.15, 0.2) is 0 Å². The SMILES string of the molecule is CCOc1[c-]c2ccccc2cc1.[Zn+][Br]. The first-order valence-corrected chi connectivity index (χ1v) is 11.7. The van der Waals surface area contributed by atoms with Crippen molar-refractivity contribution in [1.29, 1.82) is 0 Å². The Morgan fingerprint density at radius 1 is 1.20 bits per heavy atom. The third-order valence-corrected chi connectivity index (χ3v) is 1.93. The summed E-state index contributed by atoms with van der Waals surface area (Å²) in [6.45, 7) is 2.66. The molecule has 0 radical (unpaired) electrons. The van der Waals surface area contributed by atoms with Crippen molar-refractivity contribution in [2.75, 3.05) is 6.61 Å². The second-order valence-electron chi connectivity index (χ2n) is 2.84. The second-order valence-corrected chi connectivity index (χ2v) is 2.84. The van der Waals surface area contributed by atoms with Crippen LogP contribution in [0.2, 0.25) is 0 Å². The van der Waals surface area contributed by atoms with Crippen molar-refractivity contribution in [3.63, 3.8) is 0 Å². The molecule has 0 unspecified atom stereocenters. The van der Waals surface area contributed by atoms with Gasteiger partial charge in [0.2, 0.25) is 0 Å². The van der Waals surface area contributed by atoms with Gasteiger partial charge in [-0.25, -0.2) is 0 Å². The van der Waals surface area contributed by atoms with Crippen LogP contribution in [0, 0.1) is 6.07 Å². The number of ether oxygens (including phenoxy) is 1. The van der Waals surface area contributed by atoms with Crippen molar-refractivity contribution in [1.82, 2.24) is 0 Å². The maximum absolute atomic E-state index is 5.36. The van der Waals surface area contributed by atoms with Crippen molar-refractivity contribution >= 4 is 24.4 Å². The van der Waals surface area contributed by atoms with Crippen LogP contribution in [-0.4, -0.2) is 6.61 Å². The van der Waals surface area contributed by atoms with Gasteiger partial charge in [-0.05, 0) is 6.92 Å². The van der Waals surface area contributed by atoms with Gasteiger partial charge in [-0.2, -0.15) is 0 Å². The molecular formula is C12H11BrOZn. The van der Waals surface area contributed by atoms with Gasteiger partial charge in [-0.1, -0.05) is 18.2 Å². The fourth-order valence-electron chi connectivity index (χ4n) is 1.34. The minimum absolute atomic E-state index is 0.689. The van der Waals surface area contributed by atoms with Gasteiger partial charge in [0, 0.05) is 5.75 Å². The zero-order valence-corrected chi connectivity index (χ0v) is 13.2. The quantitative estimate of drug-likeness (QED) is 0.603. The molecule has 0 bridgehead atoms. The summed E-state index contributed by atoms with van der Waals surface area (Å²) >= 11 is 4.25. The molecular weight excluding hydrogens is 305 g/mol. The van der Waals surface area contributed by atoms with Crippen molar-refractivity contribution in [3.05, 3.63) is 42.5 Å². The predicted molar refractivity (Wildman–Crippen MR) is 62.9 cm³/mol. The molecule has 0 saturated carbocycles. The van der Waals surface area contributed by atoms with Crippen molar-refractivity contribution in [2.45, 2.75) is 6.92 Å². The van der Waals surface area contributed by atoms with Crippen molar-refractivity contribution < 1.29 is 21.1 Å². The van der Waals surface area contributed by atoms with Gasteiger partial charge in [0.25, 0.3) is 0 Å². The van der Waals surface area contributed by atoms with E-state index in [2.05, 4.69) is 31.8 Å². The minimum atomic E-state index is 0.689.